The summed E-state index contributed by atoms with van der Waals surface area (Å²) in [6, 6.07) is 10.8. The monoisotopic (exact) mass is 341 g/mol. The fourth-order valence-electron chi connectivity index (χ4n) is 3.30. The summed E-state index contributed by atoms with van der Waals surface area (Å²) in [6.45, 7) is 4.30. The van der Waals surface area contributed by atoms with Gasteiger partial charge in [-0.2, -0.15) is 0 Å². The van der Waals surface area contributed by atoms with Crippen molar-refractivity contribution < 1.29 is 4.79 Å². The first kappa shape index (κ1) is 17.3. The summed E-state index contributed by atoms with van der Waals surface area (Å²) in [6.07, 6.45) is 2.44. The molecule has 134 valence electrons. The lowest BCUT2D eigenvalue weighted by Gasteiger charge is -2.18. The molecule has 1 aromatic heterocycles. The molecule has 25 heavy (non-hydrogen) atoms. The van der Waals surface area contributed by atoms with E-state index in [2.05, 4.69) is 44.9 Å². The zero-order chi connectivity index (χ0) is 17.6. The maximum atomic E-state index is 11.8. The molecule has 3 rings (SSSR count). The average molecular weight is 341 g/mol. The van der Waals surface area contributed by atoms with Gasteiger partial charge in [-0.25, -0.2) is 0 Å². The number of rotatable bonds is 5. The highest BCUT2D eigenvalue weighted by atomic mass is 16.2. The first-order valence-electron chi connectivity index (χ1n) is 9.01. The Balaban J connectivity index is 1.46. The molecule has 6 nitrogen and oxygen atoms in total. The fraction of sp³-hybridized carbons (Fsp3) is 0.474. The van der Waals surface area contributed by atoms with Crippen LogP contribution in [0, 0.1) is 0 Å². The molecule has 0 bridgehead atoms. The van der Waals surface area contributed by atoms with Crippen LogP contribution in [-0.4, -0.2) is 54.5 Å². The van der Waals surface area contributed by atoms with E-state index in [0.29, 0.717) is 6.42 Å². The Hall–Kier alpha value is -2.50. The molecule has 3 N–H and O–H groups in total. The molecule has 2 aromatic rings. The number of hydrogen-bond donors (Lipinski definition) is 3. The number of amides is 1. The van der Waals surface area contributed by atoms with Gasteiger partial charge in [0.2, 0.25) is 5.91 Å². The lowest BCUT2D eigenvalue weighted by atomic mass is 10.2. The van der Waals surface area contributed by atoms with Crippen molar-refractivity contribution in [1.82, 2.24) is 20.5 Å². The van der Waals surface area contributed by atoms with Gasteiger partial charge in [0.15, 0.2) is 5.96 Å². The number of para-hydroxylation sites is 1. The van der Waals surface area contributed by atoms with E-state index in [1.54, 1.807) is 7.05 Å². The smallest absolute Gasteiger partial charge is 0.222 e. The molecule has 0 radical (unpaired) electrons. The Labute approximate surface area is 148 Å². The quantitative estimate of drug-likeness (QED) is 0.574. The van der Waals surface area contributed by atoms with Gasteiger partial charge in [-0.1, -0.05) is 25.1 Å². The number of aliphatic imine (C=N–C) groups is 1. The van der Waals surface area contributed by atoms with E-state index in [9.17, 15) is 4.79 Å². The van der Waals surface area contributed by atoms with Crippen LogP contribution in [0.1, 0.15) is 25.5 Å². The number of likely N-dealkylation sites (tertiary alicyclic amines) is 1. The van der Waals surface area contributed by atoms with E-state index in [1.807, 2.05) is 17.9 Å². The van der Waals surface area contributed by atoms with E-state index >= 15 is 0 Å². The third kappa shape index (κ3) is 4.32. The summed E-state index contributed by atoms with van der Waals surface area (Å²) in [7, 11) is 1.78. The van der Waals surface area contributed by atoms with Crippen molar-refractivity contribution in [3.8, 4) is 0 Å². The molecule has 1 amide bonds. The van der Waals surface area contributed by atoms with E-state index in [-0.39, 0.29) is 11.9 Å². The summed E-state index contributed by atoms with van der Waals surface area (Å²) in [5.41, 5.74) is 2.39. The second-order valence-corrected chi connectivity index (χ2v) is 6.45. The van der Waals surface area contributed by atoms with Crippen LogP contribution < -0.4 is 10.6 Å². The van der Waals surface area contributed by atoms with Crippen LogP contribution >= 0.6 is 0 Å². The van der Waals surface area contributed by atoms with Gasteiger partial charge in [-0.15, -0.1) is 0 Å². The van der Waals surface area contributed by atoms with Crippen molar-refractivity contribution in [2.45, 2.75) is 32.2 Å². The summed E-state index contributed by atoms with van der Waals surface area (Å²) < 4.78 is 0. The van der Waals surface area contributed by atoms with E-state index in [4.69, 9.17) is 0 Å². The number of carbonyl (C=O) groups is 1. The minimum atomic E-state index is 0.228. The topological polar surface area (TPSA) is 72.5 Å². The van der Waals surface area contributed by atoms with Crippen LogP contribution in [-0.2, 0) is 11.2 Å². The Morgan fingerprint density at radius 2 is 2.24 bits per heavy atom. The number of aromatic amines is 1. The van der Waals surface area contributed by atoms with Crippen molar-refractivity contribution in [3.05, 3.63) is 36.0 Å². The maximum Gasteiger partial charge on any atom is 0.222 e. The average Bonchev–Trinajstić information content (AvgIpc) is 3.26. The zero-order valence-corrected chi connectivity index (χ0v) is 15.0. The number of hydrogen-bond acceptors (Lipinski definition) is 2. The molecule has 2 heterocycles. The van der Waals surface area contributed by atoms with Crippen LogP contribution in [0.25, 0.3) is 10.9 Å². The molecule has 1 saturated heterocycles. The zero-order valence-electron chi connectivity index (χ0n) is 15.0. The Kier molecular flexibility index (Phi) is 5.58. The van der Waals surface area contributed by atoms with Crippen molar-refractivity contribution in [2.75, 3.05) is 26.7 Å². The van der Waals surface area contributed by atoms with Crippen LogP contribution in [0.2, 0.25) is 0 Å². The van der Waals surface area contributed by atoms with Crippen molar-refractivity contribution in [2.24, 2.45) is 4.99 Å². The molecule has 0 spiro atoms. The number of fused-ring (bicyclic) bond motifs is 1. The van der Waals surface area contributed by atoms with Gasteiger partial charge < -0.3 is 20.5 Å². The number of nitrogens with one attached hydrogen (secondary N) is 3. The van der Waals surface area contributed by atoms with Gasteiger partial charge in [0.05, 0.1) is 0 Å². The van der Waals surface area contributed by atoms with Gasteiger partial charge in [0.25, 0.3) is 0 Å². The Morgan fingerprint density at radius 3 is 3.00 bits per heavy atom. The lowest BCUT2D eigenvalue weighted by Crippen LogP contribution is -2.45. The summed E-state index contributed by atoms with van der Waals surface area (Å²) in [5, 5.41) is 8.03. The molecule has 1 aliphatic heterocycles. The highest BCUT2D eigenvalue weighted by molar-refractivity contribution is 5.81. The van der Waals surface area contributed by atoms with Crippen LogP contribution in [0.15, 0.2) is 35.3 Å². The van der Waals surface area contributed by atoms with Crippen molar-refractivity contribution in [1.29, 1.82) is 0 Å². The lowest BCUT2D eigenvalue weighted by molar-refractivity contribution is -0.129. The van der Waals surface area contributed by atoms with Gasteiger partial charge >= 0.3 is 0 Å². The maximum absolute atomic E-state index is 11.8. The second-order valence-electron chi connectivity index (χ2n) is 6.45. The summed E-state index contributed by atoms with van der Waals surface area (Å²) in [4.78, 5) is 21.4. The minimum absolute atomic E-state index is 0.228. The number of guanidine groups is 1. The van der Waals surface area contributed by atoms with Gasteiger partial charge in [0.1, 0.15) is 0 Å². The van der Waals surface area contributed by atoms with Crippen molar-refractivity contribution >= 4 is 22.8 Å². The molecule has 1 aliphatic rings. The van der Waals surface area contributed by atoms with E-state index in [0.717, 1.165) is 38.4 Å². The Morgan fingerprint density at radius 1 is 1.40 bits per heavy atom. The molecule has 1 fully saturated rings. The molecule has 0 aliphatic carbocycles. The highest BCUT2D eigenvalue weighted by Gasteiger charge is 2.25. The number of carbonyl (C=O) groups excluding carboxylic acids is 1. The number of H-pyrrole nitrogens is 1. The van der Waals surface area contributed by atoms with Gasteiger partial charge in [-0.3, -0.25) is 9.79 Å². The normalized spacial score (nSPS) is 17.9. The predicted molar refractivity (Wildman–Crippen MR) is 102 cm³/mol. The van der Waals surface area contributed by atoms with Crippen LogP contribution in [0.4, 0.5) is 0 Å². The minimum Gasteiger partial charge on any atom is -0.358 e. The van der Waals surface area contributed by atoms with Gasteiger partial charge in [-0.05, 0) is 23.9 Å². The third-order valence-electron chi connectivity index (χ3n) is 4.68. The number of nitrogens with zero attached hydrogens (tertiary/aromatic N) is 2. The largest absolute Gasteiger partial charge is 0.358 e. The van der Waals surface area contributed by atoms with Crippen LogP contribution in [0.3, 0.4) is 0 Å². The Bertz CT molecular complexity index is 718. The second kappa shape index (κ2) is 8.05. The first-order valence-corrected chi connectivity index (χ1v) is 9.01. The highest BCUT2D eigenvalue weighted by Crippen LogP contribution is 2.14. The van der Waals surface area contributed by atoms with E-state index in [1.165, 1.54) is 16.6 Å². The molecule has 6 heteroatoms. The SMILES string of the molecule is CCC(=O)N1CCC(NC(=NC)NCCc2cc3ccccc3[nH]2)C1. The fourth-order valence-corrected chi connectivity index (χ4v) is 3.30. The van der Waals surface area contributed by atoms with Gasteiger partial charge in [0, 0.05) is 56.8 Å². The third-order valence-corrected chi connectivity index (χ3v) is 4.68. The standard InChI is InChI=1S/C19H27N5O/c1-3-18(25)24-11-9-16(13-24)23-19(20-2)21-10-8-15-12-14-6-4-5-7-17(14)22-15/h4-7,12,16,22H,3,8-11,13H2,1-2H3,(H2,20,21,23). The van der Waals surface area contributed by atoms with Crippen molar-refractivity contribution in [3.63, 3.8) is 0 Å². The molecule has 1 atom stereocenters. The number of benzene rings is 1. The predicted octanol–water partition coefficient (Wildman–Crippen LogP) is 1.89. The summed E-state index contributed by atoms with van der Waals surface area (Å²) in [5.74, 6) is 1.03. The molecule has 0 saturated carbocycles. The molecule has 1 unspecified atom stereocenters. The molecule has 1 aromatic carbocycles. The first-order chi connectivity index (χ1) is 12.2. The number of aromatic nitrogens is 1. The summed E-state index contributed by atoms with van der Waals surface area (Å²) >= 11 is 0. The van der Waals surface area contributed by atoms with E-state index < -0.39 is 0 Å². The molecular weight excluding hydrogens is 314 g/mol. The molecular formula is C19H27N5O. The van der Waals surface area contributed by atoms with Crippen LogP contribution in [0.5, 0.6) is 0 Å².